The summed E-state index contributed by atoms with van der Waals surface area (Å²) in [5.74, 6) is 2.37. The van der Waals surface area contributed by atoms with Gasteiger partial charge in [0.15, 0.2) is 0 Å². The Kier molecular flexibility index (Phi) is 32.8. The van der Waals surface area contributed by atoms with Crippen LogP contribution in [0.5, 0.6) is 0 Å². The lowest BCUT2D eigenvalue weighted by molar-refractivity contribution is -0.191. The van der Waals surface area contributed by atoms with E-state index in [1.165, 1.54) is 75.7 Å². The third-order valence-corrected chi connectivity index (χ3v) is 23.5. The average molecular weight is 1620 g/mol. The van der Waals surface area contributed by atoms with Gasteiger partial charge in [0, 0.05) is 157 Å². The molecule has 10 atom stereocenters. The number of carbonyl (C=O) groups excluding carboxylic acids is 2. The fraction of sp³-hybridized carbons (Fsp3) is 0.560. The summed E-state index contributed by atoms with van der Waals surface area (Å²) in [7, 11) is 0. The van der Waals surface area contributed by atoms with E-state index in [4.69, 9.17) is 15.3 Å². The molecule has 0 spiro atoms. The summed E-state index contributed by atoms with van der Waals surface area (Å²) in [4.78, 5) is 135. The van der Waals surface area contributed by atoms with Gasteiger partial charge in [-0.25, -0.2) is 24.9 Å². The van der Waals surface area contributed by atoms with Crippen molar-refractivity contribution in [2.75, 3.05) is 72.0 Å². The maximum atomic E-state index is 11.8. The van der Waals surface area contributed by atoms with Crippen molar-refractivity contribution in [3.63, 3.8) is 0 Å². The Hall–Kier alpha value is -9.74. The number of aryl methyl sites for hydroxylation is 1. The average Bonchev–Trinajstić information content (AvgIpc) is 1.68. The third-order valence-electron chi connectivity index (χ3n) is 23.5. The van der Waals surface area contributed by atoms with Gasteiger partial charge in [-0.3, -0.25) is 48.5 Å². The molecule has 632 valence electrons. The van der Waals surface area contributed by atoms with Gasteiger partial charge >= 0.3 is 6.15 Å². The van der Waals surface area contributed by atoms with Crippen molar-refractivity contribution in [3.8, 4) is 0 Å². The van der Waals surface area contributed by atoms with Crippen LogP contribution < -0.4 is 33.5 Å². The van der Waals surface area contributed by atoms with E-state index in [1.807, 2.05) is 37.1 Å². The van der Waals surface area contributed by atoms with Crippen LogP contribution in [0.1, 0.15) is 157 Å². The summed E-state index contributed by atoms with van der Waals surface area (Å²) in [6, 6.07) is 10.4. The molecular weight excluding hydrogens is 1500 g/mol. The number of nitrogens with two attached hydrogens (primary N) is 1. The first-order chi connectivity index (χ1) is 56.7. The molecule has 1 aromatic carbocycles. The van der Waals surface area contributed by atoms with E-state index in [0.717, 1.165) is 166 Å². The van der Waals surface area contributed by atoms with Gasteiger partial charge < -0.3 is 81.1 Å². The Balaban J connectivity index is 0.000000142. The van der Waals surface area contributed by atoms with Crippen LogP contribution in [0.3, 0.4) is 0 Å². The number of fused-ring (bicyclic) bond motifs is 5. The Morgan fingerprint density at radius 2 is 0.650 bits per heavy atom. The summed E-state index contributed by atoms with van der Waals surface area (Å²) < 4.78 is 0. The van der Waals surface area contributed by atoms with Crippen molar-refractivity contribution in [1.82, 2.24) is 99.3 Å². The first-order valence-electron chi connectivity index (χ1n) is 41.7. The zero-order chi connectivity index (χ0) is 82.9. The zero-order valence-corrected chi connectivity index (χ0v) is 67.8. The van der Waals surface area contributed by atoms with Crippen LogP contribution in [0, 0.1) is 35.5 Å². The minimum Gasteiger partial charge on any atom is -0.391 e. The summed E-state index contributed by atoms with van der Waals surface area (Å²) in [6.45, 7) is 21.0. The van der Waals surface area contributed by atoms with Crippen molar-refractivity contribution in [1.29, 1.82) is 0 Å². The van der Waals surface area contributed by atoms with Crippen LogP contribution in [0.25, 0.3) is 55.2 Å². The monoisotopic (exact) mass is 1610 g/mol. The highest BCUT2D eigenvalue weighted by molar-refractivity contribution is 5.80. The van der Waals surface area contributed by atoms with Gasteiger partial charge in [-0.05, 0) is 92.6 Å². The smallest absolute Gasteiger partial charge is 0.373 e. The van der Waals surface area contributed by atoms with E-state index < -0.39 is 0 Å². The Morgan fingerprint density at radius 3 is 0.932 bits per heavy atom. The Morgan fingerprint density at radius 1 is 0.376 bits per heavy atom. The molecule has 0 saturated carbocycles. The van der Waals surface area contributed by atoms with Crippen LogP contribution in [-0.2, 0) is 48.7 Å². The number of hydrogen-bond acceptors (Lipinski definition) is 23. The van der Waals surface area contributed by atoms with Crippen molar-refractivity contribution in [3.05, 3.63) is 178 Å². The van der Waals surface area contributed by atoms with Gasteiger partial charge in [-0.2, -0.15) is 9.59 Å². The van der Waals surface area contributed by atoms with E-state index >= 15 is 0 Å². The number of unbranched alkanes of at least 4 members (excludes halogenated alkanes) is 6. The molecule has 0 unspecified atom stereocenters. The van der Waals surface area contributed by atoms with E-state index in [9.17, 15) is 49.5 Å². The third kappa shape index (κ3) is 24.0. The van der Waals surface area contributed by atoms with Gasteiger partial charge in [0.1, 0.15) is 27.6 Å². The van der Waals surface area contributed by atoms with Crippen LogP contribution in [0.2, 0.25) is 0 Å². The second-order valence-corrected chi connectivity index (χ2v) is 32.7. The molecule has 0 radical (unpaired) electrons. The van der Waals surface area contributed by atoms with Crippen molar-refractivity contribution < 1.29 is 35.1 Å². The number of aromatic nitrogens is 15. The zero-order valence-electron chi connectivity index (χ0n) is 67.8. The number of rotatable bonds is 29. The van der Waals surface area contributed by atoms with Gasteiger partial charge in [0.05, 0.1) is 89.7 Å². The Labute approximate surface area is 677 Å². The van der Waals surface area contributed by atoms with Crippen LogP contribution >= 0.6 is 0 Å². The molecule has 33 heteroatoms. The highest BCUT2D eigenvalue weighted by atomic mass is 16.3. The standard InChI is InChI=1S/C19H22N4O2.C17H26N4O2.C16H25N5O2.C16H24N4O2.C15H22N4O2.CO2/c24-16-11-23(9-14(16)7-6-13-4-2-1-3-5-13)10-15-8-20-18-17(15)21-12-22-19(18)25;1-2-3-4-5-6-12-8-21(10-14(12)22)9-13-7-18-16-15(13)19-11-20-17(16)23;17-5-3-1-2-4-11-7-21(9-13(11)22)8-12-6-18-15-14(12)19-10-20-16(15)23;1-10(2)3-4-11-6-20(8-13(11)21)7-12-5-17-15-14(12)18-9-19-16(15)22;1-2-3-4-10-6-19(8-12(10)20)7-11-5-16-14-13(11)17-9-18-15(14)21;2-1-3/h1-5,8,12,14,16,20,24H,6-7,9-11H2,(H,21,22,25);7,11-12,14,18,22H,2-6,8-10H2,1H3,(H,19,20,23);6,10-11,13,18,22H,1-5,7-9,17H2,(H,19,20,23);5,9-11,13,17,21H,3-4,6-8H2,1-2H3,(H,18,19,22);5,9-10,12,16,20H,2-4,6-8H2,1H3,(H,17,18,21);/t14-,16-;12-,14-;2*11-,13-;10-,12-;/m00000./s1. The van der Waals surface area contributed by atoms with E-state index in [-0.39, 0.29) is 70.4 Å². The minimum atomic E-state index is -0.301. The van der Waals surface area contributed by atoms with E-state index in [1.54, 1.807) is 0 Å². The van der Waals surface area contributed by atoms with Crippen molar-refractivity contribution in [2.45, 2.75) is 194 Å². The van der Waals surface area contributed by atoms with Crippen LogP contribution in [0.15, 0.2) is 117 Å². The molecule has 5 aliphatic heterocycles. The molecule has 5 aliphatic rings. The molecule has 0 bridgehead atoms. The van der Waals surface area contributed by atoms with E-state index in [2.05, 4.69) is 151 Å². The number of H-pyrrole nitrogens is 10. The van der Waals surface area contributed by atoms with Gasteiger partial charge in [-0.15, -0.1) is 0 Å². The minimum absolute atomic E-state index is 0.142. The number of benzene rings is 1. The largest absolute Gasteiger partial charge is 0.391 e. The molecule has 0 amide bonds. The lowest BCUT2D eigenvalue weighted by Gasteiger charge is -2.15. The van der Waals surface area contributed by atoms with Crippen LogP contribution in [-0.4, -0.2) is 233 Å². The molecule has 10 aromatic heterocycles. The number of nitrogens with one attached hydrogen (secondary N) is 10. The summed E-state index contributed by atoms with van der Waals surface area (Å²) >= 11 is 0. The lowest BCUT2D eigenvalue weighted by Crippen LogP contribution is -2.21. The molecule has 11 aromatic rings. The number of aromatic amines is 10. The molecule has 17 N–H and O–H groups in total. The lowest BCUT2D eigenvalue weighted by atomic mass is 9.96. The molecule has 33 nitrogen and oxygen atoms in total. The predicted molar refractivity (Wildman–Crippen MR) is 447 cm³/mol. The second-order valence-electron chi connectivity index (χ2n) is 32.7. The van der Waals surface area contributed by atoms with Gasteiger partial charge in [-0.1, -0.05) is 116 Å². The SMILES string of the molecule is CC(C)CC[C@H]1CN(Cc2c[nH]c3c(=O)[nH]cnc23)C[C@@H]1O.CCCCCC[C@H]1CN(Cc2c[nH]c3c(=O)[nH]cnc23)C[C@@H]1O.CCCC[C@H]1CN(Cc2c[nH]c3c(=O)[nH]cnc23)C[C@@H]1O.NCCCCC[C@H]1CN(Cc2c[nH]c3c(=O)[nH]cnc23)C[C@@H]1O.O=C=O.O=c1[nH]cnc2c(CN3C[C@H](CCc4ccccc4)[C@@H](O)C3)c[nH]c12. The first-order valence-corrected chi connectivity index (χ1v) is 41.7. The number of β-amino-alcohol motifs (C(OH)–C–C–N with tert-alkyl or cyclic N) is 5. The molecule has 0 aliphatic carbocycles. The number of nitrogens with zero attached hydrogens (tertiary/aromatic N) is 10. The number of hydrogen-bond donors (Lipinski definition) is 16. The number of likely N-dealkylation sites (tertiary alicyclic amines) is 5. The first kappa shape index (κ1) is 88.1. The molecule has 117 heavy (non-hydrogen) atoms. The number of aliphatic hydroxyl groups excluding tert-OH is 5. The molecule has 15 heterocycles. The highest BCUT2D eigenvalue weighted by Crippen LogP contribution is 2.32. The van der Waals surface area contributed by atoms with Gasteiger partial charge in [0.25, 0.3) is 27.8 Å². The van der Waals surface area contributed by atoms with Crippen molar-refractivity contribution in [2.24, 2.45) is 41.2 Å². The van der Waals surface area contributed by atoms with E-state index in [0.29, 0.717) is 115 Å². The normalized spacial score (nSPS) is 21.8. The fourth-order valence-electron chi connectivity index (χ4n) is 17.2. The number of aliphatic hydroxyl groups is 5. The predicted octanol–water partition coefficient (Wildman–Crippen LogP) is 6.38. The maximum Gasteiger partial charge on any atom is 0.373 e. The molecule has 16 rings (SSSR count). The quantitative estimate of drug-likeness (QED) is 0.0226. The molecule has 5 fully saturated rings. The Bertz CT molecular complexity index is 5090. The van der Waals surface area contributed by atoms with Crippen molar-refractivity contribution >= 4 is 61.3 Å². The molecular formula is C84H119N21O12. The second kappa shape index (κ2) is 43.6. The topological polar surface area (TPSA) is 485 Å². The highest BCUT2D eigenvalue weighted by Gasteiger charge is 2.36. The molecule has 5 saturated heterocycles. The maximum absolute atomic E-state index is 11.8. The summed E-state index contributed by atoms with van der Waals surface area (Å²) in [6.07, 6.45) is 33.4. The summed E-state index contributed by atoms with van der Waals surface area (Å²) in [5.41, 5.74) is 17.3. The summed E-state index contributed by atoms with van der Waals surface area (Å²) in [5, 5.41) is 51.3. The van der Waals surface area contributed by atoms with Gasteiger partial charge in [0.2, 0.25) is 0 Å². The fourth-order valence-corrected chi connectivity index (χ4v) is 17.2. The van der Waals surface area contributed by atoms with Crippen LogP contribution in [0.4, 0.5) is 0 Å².